The van der Waals surface area contributed by atoms with Crippen molar-refractivity contribution in [1.82, 2.24) is 0 Å². The molecule has 1 N–H and O–H groups in total. The average Bonchev–Trinajstić information content (AvgIpc) is 2.26. The van der Waals surface area contributed by atoms with Gasteiger partial charge in [0.05, 0.1) is 0 Å². The summed E-state index contributed by atoms with van der Waals surface area (Å²) in [6, 6.07) is 5.37. The number of carbonyl (C=O) groups is 1. The fourth-order valence-electron chi connectivity index (χ4n) is 1.45. The Morgan fingerprint density at radius 2 is 2.00 bits per heavy atom. The van der Waals surface area contributed by atoms with E-state index in [-0.39, 0.29) is 11.0 Å². The molecular weight excluding hydrogens is 226 g/mol. The van der Waals surface area contributed by atoms with Crippen LogP contribution in [-0.4, -0.2) is 16.2 Å². The molecule has 1 rings (SSSR count). The van der Waals surface area contributed by atoms with E-state index < -0.39 is 0 Å². The number of carbonyl (C=O) groups excluding carboxylic acids is 1. The number of hydrogen-bond donors (Lipinski definition) is 1. The summed E-state index contributed by atoms with van der Waals surface area (Å²) in [5.41, 5.74) is 1.99. The number of rotatable bonds is 3. The second-order valence-electron chi connectivity index (χ2n) is 3.91. The maximum absolute atomic E-state index is 11.5. The van der Waals surface area contributed by atoms with Crippen molar-refractivity contribution in [3.05, 3.63) is 34.9 Å². The summed E-state index contributed by atoms with van der Waals surface area (Å²) in [5.74, 6) is 0.233. The van der Waals surface area contributed by atoms with E-state index >= 15 is 0 Å². The zero-order valence-corrected chi connectivity index (χ0v) is 10.2. The van der Waals surface area contributed by atoms with Gasteiger partial charge in [0.1, 0.15) is 0 Å². The van der Waals surface area contributed by atoms with Gasteiger partial charge in [-0.2, -0.15) is 0 Å². The van der Waals surface area contributed by atoms with Crippen LogP contribution in [0.4, 0.5) is 0 Å². The third-order valence-corrected chi connectivity index (χ3v) is 2.68. The highest BCUT2D eigenvalue weighted by Crippen LogP contribution is 2.21. The Kier molecular flexibility index (Phi) is 4.07. The van der Waals surface area contributed by atoms with E-state index in [9.17, 15) is 4.79 Å². The van der Waals surface area contributed by atoms with Crippen LogP contribution in [0.3, 0.4) is 0 Å². The van der Waals surface area contributed by atoms with Crippen LogP contribution in [0, 0.1) is 0 Å². The van der Waals surface area contributed by atoms with Crippen molar-refractivity contribution >= 4 is 22.6 Å². The molecule has 0 aromatic heterocycles. The lowest BCUT2D eigenvalue weighted by atomic mass is 9.96. The Labute approximate surface area is 99.7 Å². The second-order valence-corrected chi connectivity index (χ2v) is 4.26. The summed E-state index contributed by atoms with van der Waals surface area (Å²) in [6.07, 6.45) is 0. The van der Waals surface area contributed by atoms with Crippen LogP contribution in [0.5, 0.6) is 0 Å². The van der Waals surface area contributed by atoms with Gasteiger partial charge in [0.2, 0.25) is 0 Å². The zero-order chi connectivity index (χ0) is 12.3. The van der Waals surface area contributed by atoms with Gasteiger partial charge < -0.3 is 5.21 Å². The van der Waals surface area contributed by atoms with Gasteiger partial charge in [0.15, 0.2) is 11.0 Å². The minimum absolute atomic E-state index is 0.0690. The number of Topliss-reactive ketones (excluding diaryl/α,β-unsaturated/α-hetero) is 1. The molecule has 3 nitrogen and oxygen atoms in total. The molecule has 0 aliphatic carbocycles. The van der Waals surface area contributed by atoms with E-state index in [0.717, 1.165) is 5.56 Å². The first-order valence-electron chi connectivity index (χ1n) is 5.00. The normalized spacial score (nSPS) is 11.9. The van der Waals surface area contributed by atoms with Gasteiger partial charge >= 0.3 is 0 Å². The van der Waals surface area contributed by atoms with E-state index in [1.807, 2.05) is 19.9 Å². The van der Waals surface area contributed by atoms with E-state index in [1.165, 1.54) is 6.92 Å². The molecule has 0 saturated carbocycles. The smallest absolute Gasteiger partial charge is 0.176 e. The lowest BCUT2D eigenvalue weighted by Gasteiger charge is -2.10. The maximum Gasteiger partial charge on any atom is 0.176 e. The molecule has 1 aromatic carbocycles. The number of benzene rings is 1. The van der Waals surface area contributed by atoms with Crippen molar-refractivity contribution in [2.75, 3.05) is 0 Å². The van der Waals surface area contributed by atoms with Crippen LogP contribution in [0.25, 0.3) is 0 Å². The average molecular weight is 240 g/mol. The van der Waals surface area contributed by atoms with Crippen molar-refractivity contribution < 1.29 is 10.0 Å². The van der Waals surface area contributed by atoms with Crippen molar-refractivity contribution in [1.29, 1.82) is 0 Å². The van der Waals surface area contributed by atoms with E-state index in [2.05, 4.69) is 5.16 Å². The van der Waals surface area contributed by atoms with Gasteiger partial charge in [-0.1, -0.05) is 42.7 Å². The molecule has 0 atom stereocenters. The van der Waals surface area contributed by atoms with Crippen LogP contribution in [0.1, 0.15) is 48.2 Å². The fourth-order valence-corrected chi connectivity index (χ4v) is 1.61. The molecule has 0 aliphatic heterocycles. The van der Waals surface area contributed by atoms with Gasteiger partial charge in [-0.25, -0.2) is 0 Å². The minimum atomic E-state index is -0.0979. The minimum Gasteiger partial charge on any atom is -0.410 e. The second kappa shape index (κ2) is 5.12. The number of ketones is 1. The molecule has 16 heavy (non-hydrogen) atoms. The topological polar surface area (TPSA) is 49.7 Å². The van der Waals surface area contributed by atoms with Gasteiger partial charge in [-0.3, -0.25) is 4.79 Å². The molecule has 0 radical (unpaired) electrons. The molecular formula is C12H14ClNO2. The SMILES string of the molecule is CC(=O)c1cc(C(C)C)ccc1C(Cl)=NO. The Morgan fingerprint density at radius 1 is 1.38 bits per heavy atom. The first-order valence-corrected chi connectivity index (χ1v) is 5.38. The van der Waals surface area contributed by atoms with E-state index in [0.29, 0.717) is 17.0 Å². The summed E-state index contributed by atoms with van der Waals surface area (Å²) in [4.78, 5) is 11.5. The number of nitrogens with zero attached hydrogens (tertiary/aromatic N) is 1. The molecule has 0 saturated heterocycles. The molecule has 1 aromatic rings. The Bertz CT molecular complexity index is 439. The third kappa shape index (κ3) is 2.61. The fraction of sp³-hybridized carbons (Fsp3) is 0.333. The van der Waals surface area contributed by atoms with Crippen LogP contribution in [-0.2, 0) is 0 Å². The van der Waals surface area contributed by atoms with Crippen molar-refractivity contribution in [2.45, 2.75) is 26.7 Å². The quantitative estimate of drug-likeness (QED) is 0.380. The number of halogens is 1. The van der Waals surface area contributed by atoms with E-state index in [4.69, 9.17) is 16.8 Å². The Morgan fingerprint density at radius 3 is 2.44 bits per heavy atom. The first-order chi connectivity index (χ1) is 7.47. The van der Waals surface area contributed by atoms with Crippen molar-refractivity contribution in [3.63, 3.8) is 0 Å². The maximum atomic E-state index is 11.5. The predicted octanol–water partition coefficient (Wildman–Crippen LogP) is 3.39. The van der Waals surface area contributed by atoms with Crippen molar-refractivity contribution in [3.8, 4) is 0 Å². The van der Waals surface area contributed by atoms with E-state index in [1.54, 1.807) is 12.1 Å². The number of oxime groups is 1. The Balaban J connectivity index is 3.36. The number of hydrogen-bond acceptors (Lipinski definition) is 3. The standard InChI is InChI=1S/C12H14ClNO2/c1-7(2)9-4-5-10(12(13)14-16)11(6-9)8(3)15/h4-7,16H,1-3H3. The summed E-state index contributed by atoms with van der Waals surface area (Å²) in [6.45, 7) is 5.55. The Hall–Kier alpha value is -1.35. The zero-order valence-electron chi connectivity index (χ0n) is 9.49. The third-order valence-electron chi connectivity index (χ3n) is 2.40. The largest absolute Gasteiger partial charge is 0.410 e. The monoisotopic (exact) mass is 239 g/mol. The molecule has 0 heterocycles. The van der Waals surface area contributed by atoms with Crippen LogP contribution >= 0.6 is 11.6 Å². The summed E-state index contributed by atoms with van der Waals surface area (Å²) < 4.78 is 0. The lowest BCUT2D eigenvalue weighted by Crippen LogP contribution is -2.05. The molecule has 0 amide bonds. The van der Waals surface area contributed by atoms with Crippen LogP contribution in [0.15, 0.2) is 23.4 Å². The van der Waals surface area contributed by atoms with Gasteiger partial charge in [-0.05, 0) is 24.5 Å². The molecule has 0 bridgehead atoms. The van der Waals surface area contributed by atoms with Crippen molar-refractivity contribution in [2.24, 2.45) is 5.16 Å². The van der Waals surface area contributed by atoms with Gasteiger partial charge in [-0.15, -0.1) is 0 Å². The molecule has 4 heteroatoms. The van der Waals surface area contributed by atoms with Crippen LogP contribution in [0.2, 0.25) is 0 Å². The molecule has 0 aliphatic rings. The van der Waals surface area contributed by atoms with Gasteiger partial charge in [0.25, 0.3) is 0 Å². The first kappa shape index (κ1) is 12.7. The molecule has 0 spiro atoms. The highest BCUT2D eigenvalue weighted by atomic mass is 35.5. The highest BCUT2D eigenvalue weighted by Gasteiger charge is 2.13. The highest BCUT2D eigenvalue weighted by molar-refractivity contribution is 6.70. The lowest BCUT2D eigenvalue weighted by molar-refractivity contribution is 0.101. The summed E-state index contributed by atoms with van der Waals surface area (Å²) in [5, 5.41) is 11.5. The molecule has 0 unspecified atom stereocenters. The molecule has 86 valence electrons. The van der Waals surface area contributed by atoms with Crippen LogP contribution < -0.4 is 0 Å². The van der Waals surface area contributed by atoms with Gasteiger partial charge in [0, 0.05) is 11.1 Å². The summed E-state index contributed by atoms with van der Waals surface area (Å²) >= 11 is 5.72. The predicted molar refractivity (Wildman–Crippen MR) is 64.7 cm³/mol. The molecule has 0 fully saturated rings. The summed E-state index contributed by atoms with van der Waals surface area (Å²) in [7, 11) is 0.